The van der Waals surface area contributed by atoms with Gasteiger partial charge in [-0.25, -0.2) is 9.37 Å². The van der Waals surface area contributed by atoms with Crippen LogP contribution in [-0.2, 0) is 9.59 Å². The molecule has 2 N–H and O–H groups in total. The molecule has 0 aliphatic carbocycles. The van der Waals surface area contributed by atoms with Gasteiger partial charge in [-0.15, -0.1) is 0 Å². The van der Waals surface area contributed by atoms with Gasteiger partial charge in [-0.1, -0.05) is 12.1 Å². The number of carbonyl (C=O) groups excluding carboxylic acids is 3. The number of likely N-dealkylation sites (N-methyl/N-ethyl adjacent to an activating group) is 1. The van der Waals surface area contributed by atoms with Crippen LogP contribution in [-0.4, -0.2) is 40.7 Å². The van der Waals surface area contributed by atoms with E-state index >= 15 is 0 Å². The summed E-state index contributed by atoms with van der Waals surface area (Å²) in [7, 11) is 0. The van der Waals surface area contributed by atoms with Gasteiger partial charge >= 0.3 is 0 Å². The van der Waals surface area contributed by atoms with Gasteiger partial charge in [-0.3, -0.25) is 14.4 Å². The van der Waals surface area contributed by atoms with Crippen LogP contribution in [0.2, 0.25) is 0 Å². The van der Waals surface area contributed by atoms with E-state index in [-0.39, 0.29) is 41.9 Å². The Balaban J connectivity index is 1.69. The standard InChI is InChI=1S/C23H23FN4O4/c1-4-28(13-20(30)26-17-11-9-16(10-12-17)25-15(3)29)23(31)21-14(2)32-22(27-21)18-7-5-6-8-19(18)24/h5-12H,4,13H2,1-3H3,(H,25,29)(H,26,30). The second kappa shape index (κ2) is 9.86. The number of halogens is 1. The Morgan fingerprint density at radius 2 is 1.66 bits per heavy atom. The van der Waals surface area contributed by atoms with Gasteiger partial charge in [0.25, 0.3) is 5.91 Å². The highest BCUT2D eigenvalue weighted by molar-refractivity contribution is 5.99. The van der Waals surface area contributed by atoms with E-state index in [1.807, 2.05) is 0 Å². The maximum Gasteiger partial charge on any atom is 0.276 e. The van der Waals surface area contributed by atoms with Crippen LogP contribution in [0.3, 0.4) is 0 Å². The van der Waals surface area contributed by atoms with Crippen LogP contribution < -0.4 is 10.6 Å². The highest BCUT2D eigenvalue weighted by Gasteiger charge is 2.25. The van der Waals surface area contributed by atoms with E-state index in [4.69, 9.17) is 4.42 Å². The third-order valence-electron chi connectivity index (χ3n) is 4.60. The smallest absolute Gasteiger partial charge is 0.276 e. The van der Waals surface area contributed by atoms with Gasteiger partial charge in [-0.05, 0) is 50.2 Å². The summed E-state index contributed by atoms with van der Waals surface area (Å²) in [4.78, 5) is 42.0. The van der Waals surface area contributed by atoms with Crippen molar-refractivity contribution < 1.29 is 23.2 Å². The fourth-order valence-electron chi connectivity index (χ4n) is 3.04. The molecule has 2 aromatic carbocycles. The number of oxazole rings is 1. The molecule has 0 bridgehead atoms. The van der Waals surface area contributed by atoms with Crippen LogP contribution in [0.15, 0.2) is 52.9 Å². The van der Waals surface area contributed by atoms with Crippen molar-refractivity contribution in [2.45, 2.75) is 20.8 Å². The van der Waals surface area contributed by atoms with Crippen LogP contribution in [0.5, 0.6) is 0 Å². The fraction of sp³-hybridized carbons (Fsp3) is 0.217. The molecule has 0 atom stereocenters. The van der Waals surface area contributed by atoms with Gasteiger partial charge in [0.1, 0.15) is 18.1 Å². The molecule has 0 aliphatic heterocycles. The molecule has 0 radical (unpaired) electrons. The number of nitrogens with one attached hydrogen (secondary N) is 2. The quantitative estimate of drug-likeness (QED) is 0.583. The first-order chi connectivity index (χ1) is 15.3. The number of aromatic nitrogens is 1. The molecule has 1 aromatic heterocycles. The Hall–Kier alpha value is -4.01. The van der Waals surface area contributed by atoms with Crippen molar-refractivity contribution in [3.05, 3.63) is 65.8 Å². The molecular weight excluding hydrogens is 415 g/mol. The largest absolute Gasteiger partial charge is 0.440 e. The minimum atomic E-state index is -0.510. The number of hydrogen-bond donors (Lipinski definition) is 2. The van der Waals surface area contributed by atoms with Crippen LogP contribution in [0.25, 0.3) is 11.5 Å². The fourth-order valence-corrected chi connectivity index (χ4v) is 3.04. The molecule has 1 heterocycles. The predicted octanol–water partition coefficient (Wildman–Crippen LogP) is 3.85. The maximum atomic E-state index is 14.0. The second-order valence-electron chi connectivity index (χ2n) is 7.03. The number of carbonyl (C=O) groups is 3. The number of rotatable bonds is 7. The Morgan fingerprint density at radius 1 is 1.03 bits per heavy atom. The lowest BCUT2D eigenvalue weighted by Gasteiger charge is -2.19. The van der Waals surface area contributed by atoms with Crippen LogP contribution in [0, 0.1) is 12.7 Å². The zero-order valence-corrected chi connectivity index (χ0v) is 17.9. The number of amides is 3. The van der Waals surface area contributed by atoms with Crippen LogP contribution in [0.4, 0.5) is 15.8 Å². The summed E-state index contributed by atoms with van der Waals surface area (Å²) in [6, 6.07) is 12.6. The average molecular weight is 438 g/mol. The summed E-state index contributed by atoms with van der Waals surface area (Å²) in [6.45, 7) is 4.76. The number of hydrogen-bond acceptors (Lipinski definition) is 5. The lowest BCUT2D eigenvalue weighted by atomic mass is 10.2. The molecule has 0 aliphatic rings. The van der Waals surface area contributed by atoms with E-state index in [0.29, 0.717) is 11.4 Å². The highest BCUT2D eigenvalue weighted by Crippen LogP contribution is 2.25. The van der Waals surface area contributed by atoms with Crippen LogP contribution in [0.1, 0.15) is 30.1 Å². The van der Waals surface area contributed by atoms with Gasteiger partial charge in [0.15, 0.2) is 5.69 Å². The predicted molar refractivity (Wildman–Crippen MR) is 118 cm³/mol. The van der Waals surface area contributed by atoms with Crippen molar-refractivity contribution >= 4 is 29.1 Å². The summed E-state index contributed by atoms with van der Waals surface area (Å²) >= 11 is 0. The van der Waals surface area contributed by atoms with Gasteiger partial charge in [0.05, 0.1) is 5.56 Å². The molecule has 3 amide bonds. The Morgan fingerprint density at radius 3 is 2.25 bits per heavy atom. The van der Waals surface area contributed by atoms with Gasteiger partial charge < -0.3 is 20.0 Å². The number of aryl methyl sites for hydroxylation is 1. The van der Waals surface area contributed by atoms with E-state index in [1.54, 1.807) is 50.2 Å². The van der Waals surface area contributed by atoms with Crippen molar-refractivity contribution in [3.63, 3.8) is 0 Å². The van der Waals surface area contributed by atoms with Gasteiger partial charge in [-0.2, -0.15) is 0 Å². The molecule has 8 nitrogen and oxygen atoms in total. The lowest BCUT2D eigenvalue weighted by molar-refractivity contribution is -0.117. The molecule has 0 spiro atoms. The van der Waals surface area contributed by atoms with Crippen molar-refractivity contribution in [1.82, 2.24) is 9.88 Å². The molecule has 9 heteroatoms. The summed E-state index contributed by atoms with van der Waals surface area (Å²) in [6.07, 6.45) is 0. The molecule has 166 valence electrons. The van der Waals surface area contributed by atoms with Crippen molar-refractivity contribution in [2.24, 2.45) is 0 Å². The van der Waals surface area contributed by atoms with Crippen molar-refractivity contribution in [1.29, 1.82) is 0 Å². The molecule has 3 rings (SSSR count). The van der Waals surface area contributed by atoms with E-state index in [0.717, 1.165) is 0 Å². The van der Waals surface area contributed by atoms with Crippen molar-refractivity contribution in [2.75, 3.05) is 23.7 Å². The van der Waals surface area contributed by atoms with Gasteiger partial charge in [0, 0.05) is 24.8 Å². The zero-order chi connectivity index (χ0) is 23.3. The zero-order valence-electron chi connectivity index (χ0n) is 17.9. The molecule has 0 saturated heterocycles. The topological polar surface area (TPSA) is 105 Å². The molecule has 0 unspecified atom stereocenters. The molecule has 32 heavy (non-hydrogen) atoms. The molecule has 0 saturated carbocycles. The minimum Gasteiger partial charge on any atom is -0.440 e. The highest BCUT2D eigenvalue weighted by atomic mass is 19.1. The minimum absolute atomic E-state index is 0.00344. The monoisotopic (exact) mass is 438 g/mol. The Labute approximate surface area is 184 Å². The summed E-state index contributed by atoms with van der Waals surface area (Å²) in [5.74, 6) is -1.36. The second-order valence-corrected chi connectivity index (χ2v) is 7.03. The molecule has 3 aromatic rings. The van der Waals surface area contributed by atoms with Gasteiger partial charge in [0.2, 0.25) is 17.7 Å². The SMILES string of the molecule is CCN(CC(=O)Nc1ccc(NC(C)=O)cc1)C(=O)c1nc(-c2ccccc2F)oc1C. The first-order valence-electron chi connectivity index (χ1n) is 9.97. The third-order valence-corrected chi connectivity index (χ3v) is 4.60. The number of benzene rings is 2. The van der Waals surface area contributed by atoms with Crippen LogP contribution >= 0.6 is 0 Å². The maximum absolute atomic E-state index is 14.0. The van der Waals surface area contributed by atoms with Crippen molar-refractivity contribution in [3.8, 4) is 11.5 Å². The Bertz CT molecular complexity index is 1140. The van der Waals surface area contributed by atoms with E-state index in [9.17, 15) is 18.8 Å². The summed E-state index contributed by atoms with van der Waals surface area (Å²) < 4.78 is 19.5. The first-order valence-corrected chi connectivity index (χ1v) is 9.97. The molecule has 0 fully saturated rings. The average Bonchev–Trinajstić information content (AvgIpc) is 3.14. The van der Waals surface area contributed by atoms with E-state index < -0.39 is 17.6 Å². The molecular formula is C23H23FN4O4. The lowest BCUT2D eigenvalue weighted by Crippen LogP contribution is -2.38. The van der Waals surface area contributed by atoms with E-state index in [2.05, 4.69) is 15.6 Å². The van der Waals surface area contributed by atoms with E-state index in [1.165, 1.54) is 24.0 Å². The normalized spacial score (nSPS) is 10.5. The Kier molecular flexibility index (Phi) is 6.99. The number of nitrogens with zero attached hydrogens (tertiary/aromatic N) is 2. The first kappa shape index (κ1) is 22.7. The number of anilines is 2. The summed E-state index contributed by atoms with van der Waals surface area (Å²) in [5, 5.41) is 5.35. The summed E-state index contributed by atoms with van der Waals surface area (Å²) in [5.41, 5.74) is 1.30. The third kappa shape index (κ3) is 5.37.